The lowest BCUT2D eigenvalue weighted by Gasteiger charge is -2.24. The molecule has 4 nitrogen and oxygen atoms in total. The lowest BCUT2D eigenvalue weighted by atomic mass is 10.1. The summed E-state index contributed by atoms with van der Waals surface area (Å²) in [5.41, 5.74) is 2.09. The Morgan fingerprint density at radius 1 is 1.67 bits per heavy atom. The van der Waals surface area contributed by atoms with Gasteiger partial charge in [-0.05, 0) is 24.1 Å². The number of nitrogens with one attached hydrogen (secondary N) is 1. The Labute approximate surface area is 87.9 Å². The third-order valence-corrected chi connectivity index (χ3v) is 2.47. The molecular weight excluding hydrogens is 194 g/mol. The fraction of sp³-hybridized carbons (Fsp3) is 0.364. The van der Waals surface area contributed by atoms with Crippen LogP contribution in [-0.4, -0.2) is 23.7 Å². The second-order valence-electron chi connectivity index (χ2n) is 3.51. The Balaban J connectivity index is 2.24. The standard InChI is InChI=1S/C11H13NO3/c1-2-7-3-4-9-8(5-7)12-6-10(15-9)11(13)14/h3-5,10,12H,2,6H2,1H3,(H,13,14). The molecule has 0 amide bonds. The predicted octanol–water partition coefficient (Wildman–Crippen LogP) is 1.51. The zero-order chi connectivity index (χ0) is 10.8. The number of ether oxygens (including phenoxy) is 1. The van der Waals surface area contributed by atoms with E-state index >= 15 is 0 Å². The number of carboxylic acid groups (broad SMARTS) is 1. The van der Waals surface area contributed by atoms with E-state index in [1.54, 1.807) is 0 Å². The van der Waals surface area contributed by atoms with Crippen molar-refractivity contribution in [1.82, 2.24) is 0 Å². The van der Waals surface area contributed by atoms with Crippen molar-refractivity contribution in [3.05, 3.63) is 23.8 Å². The molecule has 2 rings (SSSR count). The molecule has 0 aliphatic carbocycles. The molecule has 0 saturated heterocycles. The number of hydrogen-bond acceptors (Lipinski definition) is 3. The van der Waals surface area contributed by atoms with Crippen molar-refractivity contribution >= 4 is 11.7 Å². The van der Waals surface area contributed by atoms with Crippen LogP contribution in [0, 0.1) is 0 Å². The molecular formula is C11H13NO3. The normalized spacial score (nSPS) is 18.6. The molecule has 1 aliphatic rings. The Hall–Kier alpha value is -1.71. The summed E-state index contributed by atoms with van der Waals surface area (Å²) in [6, 6.07) is 5.76. The summed E-state index contributed by atoms with van der Waals surface area (Å²) >= 11 is 0. The van der Waals surface area contributed by atoms with Crippen LogP contribution >= 0.6 is 0 Å². The van der Waals surface area contributed by atoms with Gasteiger partial charge in [-0.2, -0.15) is 0 Å². The van der Waals surface area contributed by atoms with E-state index in [1.807, 2.05) is 18.2 Å². The molecule has 0 radical (unpaired) electrons. The minimum Gasteiger partial charge on any atom is -0.478 e. The van der Waals surface area contributed by atoms with E-state index in [0.717, 1.165) is 12.1 Å². The second-order valence-corrected chi connectivity index (χ2v) is 3.51. The molecule has 1 unspecified atom stereocenters. The molecule has 0 aromatic heterocycles. The molecule has 1 heterocycles. The van der Waals surface area contributed by atoms with Crippen LogP contribution < -0.4 is 10.1 Å². The Bertz CT molecular complexity index is 389. The zero-order valence-electron chi connectivity index (χ0n) is 8.49. The van der Waals surface area contributed by atoms with E-state index in [1.165, 1.54) is 5.56 Å². The average Bonchev–Trinajstić information content (AvgIpc) is 2.27. The van der Waals surface area contributed by atoms with E-state index < -0.39 is 12.1 Å². The molecule has 0 saturated carbocycles. The minimum atomic E-state index is -0.937. The second kappa shape index (κ2) is 3.81. The van der Waals surface area contributed by atoms with Crippen molar-refractivity contribution in [3.8, 4) is 5.75 Å². The van der Waals surface area contributed by atoms with E-state index in [0.29, 0.717) is 12.3 Å². The summed E-state index contributed by atoms with van der Waals surface area (Å²) in [5, 5.41) is 11.9. The van der Waals surface area contributed by atoms with Crippen LogP contribution in [0.25, 0.3) is 0 Å². The number of rotatable bonds is 2. The van der Waals surface area contributed by atoms with Crippen LogP contribution in [0.15, 0.2) is 18.2 Å². The summed E-state index contributed by atoms with van der Waals surface area (Å²) in [6.07, 6.45) is 0.169. The van der Waals surface area contributed by atoms with Gasteiger partial charge in [-0.1, -0.05) is 13.0 Å². The van der Waals surface area contributed by atoms with Gasteiger partial charge in [-0.25, -0.2) is 4.79 Å². The highest BCUT2D eigenvalue weighted by molar-refractivity contribution is 5.76. The van der Waals surface area contributed by atoms with Crippen molar-refractivity contribution in [2.75, 3.05) is 11.9 Å². The summed E-state index contributed by atoms with van der Waals surface area (Å²) < 4.78 is 5.33. The fourth-order valence-corrected chi connectivity index (χ4v) is 1.57. The first-order valence-corrected chi connectivity index (χ1v) is 4.97. The van der Waals surface area contributed by atoms with Crippen molar-refractivity contribution in [1.29, 1.82) is 0 Å². The Morgan fingerprint density at radius 3 is 3.13 bits per heavy atom. The van der Waals surface area contributed by atoms with Crippen LogP contribution in [-0.2, 0) is 11.2 Å². The van der Waals surface area contributed by atoms with E-state index in [-0.39, 0.29) is 0 Å². The van der Waals surface area contributed by atoms with Crippen LogP contribution in [0.1, 0.15) is 12.5 Å². The highest BCUT2D eigenvalue weighted by atomic mass is 16.5. The first kappa shape index (κ1) is 9.83. The first-order chi connectivity index (χ1) is 7.20. The van der Waals surface area contributed by atoms with Gasteiger partial charge in [0.1, 0.15) is 5.75 Å². The Kier molecular flexibility index (Phi) is 2.49. The first-order valence-electron chi connectivity index (χ1n) is 4.97. The van der Waals surface area contributed by atoms with Crippen LogP contribution in [0.5, 0.6) is 5.75 Å². The van der Waals surface area contributed by atoms with E-state index in [2.05, 4.69) is 12.2 Å². The maximum absolute atomic E-state index is 10.7. The summed E-state index contributed by atoms with van der Waals surface area (Å²) in [5.74, 6) is -0.321. The number of aliphatic carboxylic acids is 1. The molecule has 2 N–H and O–H groups in total. The zero-order valence-corrected chi connectivity index (χ0v) is 8.49. The predicted molar refractivity (Wildman–Crippen MR) is 56.4 cm³/mol. The van der Waals surface area contributed by atoms with Crippen molar-refractivity contribution in [2.45, 2.75) is 19.4 Å². The number of fused-ring (bicyclic) bond motifs is 1. The molecule has 1 aromatic rings. The number of benzene rings is 1. The molecule has 0 bridgehead atoms. The van der Waals surface area contributed by atoms with Gasteiger partial charge in [0.05, 0.1) is 12.2 Å². The number of carbonyl (C=O) groups is 1. The number of carboxylic acids is 1. The monoisotopic (exact) mass is 207 g/mol. The molecule has 1 aromatic carbocycles. The smallest absolute Gasteiger partial charge is 0.346 e. The number of anilines is 1. The summed E-state index contributed by atoms with van der Waals surface area (Å²) in [4.78, 5) is 10.7. The molecule has 0 spiro atoms. The lowest BCUT2D eigenvalue weighted by molar-refractivity contribution is -0.144. The molecule has 80 valence electrons. The summed E-state index contributed by atoms with van der Waals surface area (Å²) in [6.45, 7) is 2.39. The maximum atomic E-state index is 10.7. The van der Waals surface area contributed by atoms with Gasteiger partial charge in [0.2, 0.25) is 6.10 Å². The highest BCUT2D eigenvalue weighted by Gasteiger charge is 2.25. The van der Waals surface area contributed by atoms with Crippen LogP contribution in [0.3, 0.4) is 0 Å². The van der Waals surface area contributed by atoms with Gasteiger partial charge in [0, 0.05) is 0 Å². The Morgan fingerprint density at radius 2 is 2.47 bits per heavy atom. The quantitative estimate of drug-likeness (QED) is 0.771. The van der Waals surface area contributed by atoms with Gasteiger partial charge in [0.15, 0.2) is 0 Å². The molecule has 15 heavy (non-hydrogen) atoms. The summed E-state index contributed by atoms with van der Waals surface area (Å²) in [7, 11) is 0. The topological polar surface area (TPSA) is 58.6 Å². The van der Waals surface area contributed by atoms with E-state index in [9.17, 15) is 4.79 Å². The van der Waals surface area contributed by atoms with Gasteiger partial charge in [-0.15, -0.1) is 0 Å². The molecule has 4 heteroatoms. The van der Waals surface area contributed by atoms with Crippen molar-refractivity contribution in [3.63, 3.8) is 0 Å². The number of hydrogen-bond donors (Lipinski definition) is 2. The molecule has 1 aliphatic heterocycles. The van der Waals surface area contributed by atoms with Crippen molar-refractivity contribution < 1.29 is 14.6 Å². The largest absolute Gasteiger partial charge is 0.478 e. The lowest BCUT2D eigenvalue weighted by Crippen LogP contribution is -2.37. The minimum absolute atomic E-state index is 0.315. The highest BCUT2D eigenvalue weighted by Crippen LogP contribution is 2.30. The molecule has 1 atom stereocenters. The fourth-order valence-electron chi connectivity index (χ4n) is 1.57. The van der Waals surface area contributed by atoms with Gasteiger partial charge >= 0.3 is 5.97 Å². The average molecular weight is 207 g/mol. The van der Waals surface area contributed by atoms with E-state index in [4.69, 9.17) is 9.84 Å². The van der Waals surface area contributed by atoms with Gasteiger partial charge in [-0.3, -0.25) is 0 Å². The molecule has 0 fully saturated rings. The third kappa shape index (κ3) is 1.88. The third-order valence-electron chi connectivity index (χ3n) is 2.47. The van der Waals surface area contributed by atoms with Crippen LogP contribution in [0.4, 0.5) is 5.69 Å². The van der Waals surface area contributed by atoms with Crippen molar-refractivity contribution in [2.24, 2.45) is 0 Å². The SMILES string of the molecule is CCc1ccc2c(c1)NCC(C(=O)O)O2. The van der Waals surface area contributed by atoms with Crippen LogP contribution in [0.2, 0.25) is 0 Å². The van der Waals surface area contributed by atoms with Gasteiger partial charge < -0.3 is 15.2 Å². The maximum Gasteiger partial charge on any atom is 0.346 e. The number of aryl methyl sites for hydroxylation is 1. The van der Waals surface area contributed by atoms with Gasteiger partial charge in [0.25, 0.3) is 0 Å².